The second-order valence-electron chi connectivity index (χ2n) is 7.85. The van der Waals surface area contributed by atoms with Gasteiger partial charge in [0.25, 0.3) is 10.2 Å². The van der Waals surface area contributed by atoms with Crippen LogP contribution in [0.25, 0.3) is 0 Å². The van der Waals surface area contributed by atoms with Gasteiger partial charge in [0.05, 0.1) is 12.0 Å². The third-order valence-electron chi connectivity index (χ3n) is 5.22. The van der Waals surface area contributed by atoms with Crippen LogP contribution in [0.15, 0.2) is 0 Å². The van der Waals surface area contributed by atoms with Crippen LogP contribution < -0.4 is 5.32 Å². The third-order valence-corrected chi connectivity index (χ3v) is 7.22. The number of nitrogens with zero attached hydrogens (tertiary/aromatic N) is 2. The van der Waals surface area contributed by atoms with Crippen molar-refractivity contribution in [3.8, 4) is 0 Å². The first-order chi connectivity index (χ1) is 12.3. The molecule has 0 spiro atoms. The Kier molecular flexibility index (Phi) is 8.32. The summed E-state index contributed by atoms with van der Waals surface area (Å²) in [5.41, 5.74) is 0. The first kappa shape index (κ1) is 21.6. The number of amides is 1. The van der Waals surface area contributed by atoms with Gasteiger partial charge >= 0.3 is 0 Å². The van der Waals surface area contributed by atoms with E-state index in [-0.39, 0.29) is 17.9 Å². The molecule has 2 rings (SSSR count). The van der Waals surface area contributed by atoms with Gasteiger partial charge in [-0.3, -0.25) is 4.79 Å². The third kappa shape index (κ3) is 6.18. The minimum Gasteiger partial charge on any atom is -0.379 e. The number of piperidine rings is 2. The standard InChI is InChI=1S/C18H35N3O4S/c1-15(2)25-13-5-9-19-18(22)17-6-4-10-21(14-17)26(23,24)20-11-7-16(3)8-12-20/h15-17H,4-14H2,1-3H3,(H,19,22). The number of carbonyl (C=O) groups is 1. The van der Waals surface area contributed by atoms with Gasteiger partial charge in [-0.05, 0) is 51.9 Å². The second-order valence-corrected chi connectivity index (χ2v) is 9.78. The van der Waals surface area contributed by atoms with Crippen LogP contribution in [-0.4, -0.2) is 68.4 Å². The molecular formula is C18H35N3O4S. The Labute approximate surface area is 158 Å². The Bertz CT molecular complexity index is 545. The maximum Gasteiger partial charge on any atom is 0.281 e. The van der Waals surface area contributed by atoms with E-state index in [0.29, 0.717) is 45.2 Å². The highest BCUT2D eigenvalue weighted by molar-refractivity contribution is 7.86. The Morgan fingerprint density at radius 1 is 1.15 bits per heavy atom. The summed E-state index contributed by atoms with van der Waals surface area (Å²) in [6.07, 6.45) is 4.27. The van der Waals surface area contributed by atoms with Crippen molar-refractivity contribution in [1.29, 1.82) is 0 Å². The van der Waals surface area contributed by atoms with Crippen LogP contribution in [0, 0.1) is 11.8 Å². The molecule has 26 heavy (non-hydrogen) atoms. The van der Waals surface area contributed by atoms with Crippen molar-refractivity contribution in [3.63, 3.8) is 0 Å². The van der Waals surface area contributed by atoms with E-state index in [2.05, 4.69) is 12.2 Å². The molecule has 2 fully saturated rings. The van der Waals surface area contributed by atoms with Crippen molar-refractivity contribution in [2.75, 3.05) is 39.3 Å². The van der Waals surface area contributed by atoms with E-state index >= 15 is 0 Å². The molecule has 1 amide bonds. The van der Waals surface area contributed by atoms with Crippen LogP contribution in [0.2, 0.25) is 0 Å². The van der Waals surface area contributed by atoms with E-state index in [1.165, 1.54) is 4.31 Å². The average molecular weight is 390 g/mol. The van der Waals surface area contributed by atoms with E-state index in [1.807, 2.05) is 13.8 Å². The van der Waals surface area contributed by atoms with Gasteiger partial charge in [-0.25, -0.2) is 0 Å². The molecule has 1 N–H and O–H groups in total. The summed E-state index contributed by atoms with van der Waals surface area (Å²) in [4.78, 5) is 12.4. The van der Waals surface area contributed by atoms with Crippen LogP contribution in [0.1, 0.15) is 52.9 Å². The zero-order valence-corrected chi connectivity index (χ0v) is 17.3. The summed E-state index contributed by atoms with van der Waals surface area (Å²) in [5.74, 6) is 0.288. The monoisotopic (exact) mass is 389 g/mol. The number of hydrogen-bond donors (Lipinski definition) is 1. The van der Waals surface area contributed by atoms with E-state index in [9.17, 15) is 13.2 Å². The van der Waals surface area contributed by atoms with Crippen molar-refractivity contribution < 1.29 is 17.9 Å². The lowest BCUT2D eigenvalue weighted by Crippen LogP contribution is -2.52. The second kappa shape index (κ2) is 10.0. The fourth-order valence-electron chi connectivity index (χ4n) is 3.49. The Balaban J connectivity index is 1.81. The molecule has 2 aliphatic heterocycles. The fourth-order valence-corrected chi connectivity index (χ4v) is 5.22. The normalized spacial score (nSPS) is 24.1. The van der Waals surface area contributed by atoms with Gasteiger partial charge in [0.2, 0.25) is 5.91 Å². The molecular weight excluding hydrogens is 354 g/mol. The molecule has 0 aliphatic carbocycles. The average Bonchev–Trinajstić information content (AvgIpc) is 2.61. The number of ether oxygens (including phenoxy) is 1. The Morgan fingerprint density at radius 3 is 2.50 bits per heavy atom. The molecule has 1 atom stereocenters. The van der Waals surface area contributed by atoms with Crippen LogP contribution in [0.5, 0.6) is 0 Å². The molecule has 0 aromatic carbocycles. The van der Waals surface area contributed by atoms with Gasteiger partial charge in [-0.1, -0.05) is 6.92 Å². The lowest BCUT2D eigenvalue weighted by Gasteiger charge is -2.37. The molecule has 2 heterocycles. The van der Waals surface area contributed by atoms with E-state index in [0.717, 1.165) is 32.1 Å². The zero-order valence-electron chi connectivity index (χ0n) is 16.4. The van der Waals surface area contributed by atoms with Gasteiger partial charge in [0.15, 0.2) is 0 Å². The molecule has 0 radical (unpaired) electrons. The topological polar surface area (TPSA) is 79.0 Å². The minimum absolute atomic E-state index is 0.0401. The lowest BCUT2D eigenvalue weighted by molar-refractivity contribution is -0.126. The first-order valence-electron chi connectivity index (χ1n) is 9.95. The first-order valence-corrected chi connectivity index (χ1v) is 11.3. The SMILES string of the molecule is CC1CCN(S(=O)(=O)N2CCCC(C(=O)NCCCOC(C)C)C2)CC1. The Morgan fingerprint density at radius 2 is 1.85 bits per heavy atom. The van der Waals surface area contributed by atoms with Crippen molar-refractivity contribution >= 4 is 16.1 Å². The smallest absolute Gasteiger partial charge is 0.281 e. The summed E-state index contributed by atoms with van der Waals surface area (Å²) in [6.45, 7) is 9.31. The van der Waals surface area contributed by atoms with Crippen molar-refractivity contribution in [2.24, 2.45) is 11.8 Å². The number of carbonyl (C=O) groups excluding carboxylic acids is 1. The highest BCUT2D eigenvalue weighted by atomic mass is 32.2. The molecule has 1 unspecified atom stereocenters. The summed E-state index contributed by atoms with van der Waals surface area (Å²) in [5, 5.41) is 2.93. The molecule has 0 aromatic rings. The van der Waals surface area contributed by atoms with Crippen LogP contribution in [0.3, 0.4) is 0 Å². The fraction of sp³-hybridized carbons (Fsp3) is 0.944. The highest BCUT2D eigenvalue weighted by Crippen LogP contribution is 2.25. The van der Waals surface area contributed by atoms with Crippen LogP contribution >= 0.6 is 0 Å². The predicted molar refractivity (Wildman–Crippen MR) is 102 cm³/mol. The molecule has 7 nitrogen and oxygen atoms in total. The molecule has 0 aromatic heterocycles. The maximum absolute atomic E-state index is 12.9. The molecule has 2 aliphatic rings. The molecule has 0 saturated carbocycles. The highest BCUT2D eigenvalue weighted by Gasteiger charge is 2.36. The predicted octanol–water partition coefficient (Wildman–Crippen LogP) is 1.61. The zero-order chi connectivity index (χ0) is 19.2. The van der Waals surface area contributed by atoms with E-state index < -0.39 is 10.2 Å². The van der Waals surface area contributed by atoms with Gasteiger partial charge in [0.1, 0.15) is 0 Å². The Hall–Kier alpha value is -0.700. The van der Waals surface area contributed by atoms with Crippen LogP contribution in [-0.2, 0) is 19.7 Å². The summed E-state index contributed by atoms with van der Waals surface area (Å²) >= 11 is 0. The quantitative estimate of drug-likeness (QED) is 0.640. The maximum atomic E-state index is 12.9. The van der Waals surface area contributed by atoms with Crippen molar-refractivity contribution in [3.05, 3.63) is 0 Å². The van der Waals surface area contributed by atoms with E-state index in [4.69, 9.17) is 4.74 Å². The molecule has 0 bridgehead atoms. The molecule has 2 saturated heterocycles. The molecule has 8 heteroatoms. The largest absolute Gasteiger partial charge is 0.379 e. The minimum atomic E-state index is -3.45. The van der Waals surface area contributed by atoms with Gasteiger partial charge in [-0.15, -0.1) is 0 Å². The van der Waals surface area contributed by atoms with Crippen LogP contribution in [0.4, 0.5) is 0 Å². The summed E-state index contributed by atoms with van der Waals surface area (Å²) < 4.78 is 34.3. The molecule has 152 valence electrons. The van der Waals surface area contributed by atoms with Crippen molar-refractivity contribution in [1.82, 2.24) is 13.9 Å². The lowest BCUT2D eigenvalue weighted by atomic mass is 9.99. The summed E-state index contributed by atoms with van der Waals surface area (Å²) in [7, 11) is -3.45. The van der Waals surface area contributed by atoms with Gasteiger partial charge in [0, 0.05) is 39.3 Å². The number of rotatable bonds is 8. The van der Waals surface area contributed by atoms with Gasteiger partial charge < -0.3 is 10.1 Å². The van der Waals surface area contributed by atoms with Gasteiger partial charge in [-0.2, -0.15) is 17.0 Å². The summed E-state index contributed by atoms with van der Waals surface area (Å²) in [6, 6.07) is 0. The van der Waals surface area contributed by atoms with E-state index in [1.54, 1.807) is 4.31 Å². The number of nitrogens with one attached hydrogen (secondary N) is 1. The number of hydrogen-bond acceptors (Lipinski definition) is 4. The van der Waals surface area contributed by atoms with Crippen molar-refractivity contribution in [2.45, 2.75) is 59.0 Å².